The smallest absolute Gasteiger partial charge is 0.321 e. The van der Waals surface area contributed by atoms with E-state index in [0.29, 0.717) is 6.04 Å². The molecule has 2 aromatic rings. The lowest BCUT2D eigenvalue weighted by Crippen LogP contribution is -2.53. The summed E-state index contributed by atoms with van der Waals surface area (Å²) in [5.41, 5.74) is 2.69. The SMILES string of the molecule is O=C(Nc1ccnc(-c2ccccc2)c1)N1CCN(C2CCNC2)CC1. The third-order valence-electron chi connectivity index (χ3n) is 5.23. The Hall–Kier alpha value is -2.44. The normalized spacial score (nSPS) is 20.9. The van der Waals surface area contributed by atoms with E-state index in [1.165, 1.54) is 6.42 Å². The van der Waals surface area contributed by atoms with Crippen LogP contribution in [0.4, 0.5) is 10.5 Å². The summed E-state index contributed by atoms with van der Waals surface area (Å²) in [6.07, 6.45) is 2.95. The highest BCUT2D eigenvalue weighted by molar-refractivity contribution is 5.90. The lowest BCUT2D eigenvalue weighted by molar-refractivity contribution is 0.119. The van der Waals surface area contributed by atoms with E-state index >= 15 is 0 Å². The number of urea groups is 1. The van der Waals surface area contributed by atoms with Crippen molar-refractivity contribution in [2.24, 2.45) is 0 Å². The average molecular weight is 351 g/mol. The van der Waals surface area contributed by atoms with Gasteiger partial charge in [0.1, 0.15) is 0 Å². The molecule has 2 N–H and O–H groups in total. The number of anilines is 1. The number of amides is 2. The van der Waals surface area contributed by atoms with Crippen molar-refractivity contribution < 1.29 is 4.79 Å². The van der Waals surface area contributed by atoms with Gasteiger partial charge in [0.2, 0.25) is 0 Å². The number of benzene rings is 1. The molecule has 2 aliphatic rings. The second kappa shape index (κ2) is 7.85. The molecule has 0 radical (unpaired) electrons. The van der Waals surface area contributed by atoms with Crippen LogP contribution in [-0.4, -0.2) is 66.1 Å². The Morgan fingerprint density at radius 1 is 1.12 bits per heavy atom. The Labute approximate surface area is 154 Å². The summed E-state index contributed by atoms with van der Waals surface area (Å²) in [5.74, 6) is 0. The molecule has 2 amide bonds. The zero-order chi connectivity index (χ0) is 17.8. The van der Waals surface area contributed by atoms with Gasteiger partial charge in [-0.25, -0.2) is 4.79 Å². The van der Waals surface area contributed by atoms with E-state index < -0.39 is 0 Å². The minimum Gasteiger partial charge on any atom is -0.322 e. The first kappa shape index (κ1) is 17.0. The third-order valence-corrected chi connectivity index (χ3v) is 5.23. The number of rotatable bonds is 3. The molecule has 0 saturated carbocycles. The number of carbonyl (C=O) groups excluding carboxylic acids is 1. The monoisotopic (exact) mass is 351 g/mol. The first-order chi connectivity index (χ1) is 12.8. The van der Waals surface area contributed by atoms with Gasteiger partial charge in [0.05, 0.1) is 5.69 Å². The highest BCUT2D eigenvalue weighted by Gasteiger charge is 2.27. The lowest BCUT2D eigenvalue weighted by Gasteiger charge is -2.37. The van der Waals surface area contributed by atoms with Crippen LogP contribution in [-0.2, 0) is 0 Å². The molecular weight excluding hydrogens is 326 g/mol. The van der Waals surface area contributed by atoms with Crippen molar-refractivity contribution in [1.82, 2.24) is 20.1 Å². The molecule has 3 heterocycles. The van der Waals surface area contributed by atoms with Gasteiger partial charge in [-0.2, -0.15) is 0 Å². The average Bonchev–Trinajstić information content (AvgIpc) is 3.24. The van der Waals surface area contributed by atoms with Crippen molar-refractivity contribution in [2.75, 3.05) is 44.6 Å². The maximum atomic E-state index is 12.6. The number of nitrogens with one attached hydrogen (secondary N) is 2. The highest BCUT2D eigenvalue weighted by Crippen LogP contribution is 2.20. The van der Waals surface area contributed by atoms with Gasteiger partial charge in [0.25, 0.3) is 0 Å². The first-order valence-electron chi connectivity index (χ1n) is 9.32. The Balaban J connectivity index is 1.35. The Morgan fingerprint density at radius 3 is 2.65 bits per heavy atom. The van der Waals surface area contributed by atoms with Gasteiger partial charge in [-0.15, -0.1) is 0 Å². The summed E-state index contributed by atoms with van der Waals surface area (Å²) >= 11 is 0. The van der Waals surface area contributed by atoms with E-state index in [1.807, 2.05) is 47.4 Å². The fraction of sp³-hybridized carbons (Fsp3) is 0.400. The van der Waals surface area contributed by atoms with E-state index in [4.69, 9.17) is 0 Å². The standard InChI is InChI=1S/C20H25N5O/c26-20(25-12-10-24(11-13-25)18-7-8-21-15-18)23-17-6-9-22-19(14-17)16-4-2-1-3-5-16/h1-6,9,14,18,21H,7-8,10-13,15H2,(H,22,23,26). The van der Waals surface area contributed by atoms with Crippen molar-refractivity contribution in [3.63, 3.8) is 0 Å². The third kappa shape index (κ3) is 3.86. The molecule has 1 aromatic heterocycles. The van der Waals surface area contributed by atoms with Gasteiger partial charge in [0, 0.05) is 56.2 Å². The summed E-state index contributed by atoms with van der Waals surface area (Å²) < 4.78 is 0. The van der Waals surface area contributed by atoms with Crippen LogP contribution in [0.15, 0.2) is 48.7 Å². The summed E-state index contributed by atoms with van der Waals surface area (Å²) in [4.78, 5) is 21.4. The van der Waals surface area contributed by atoms with Crippen molar-refractivity contribution >= 4 is 11.7 Å². The van der Waals surface area contributed by atoms with Gasteiger partial charge >= 0.3 is 6.03 Å². The van der Waals surface area contributed by atoms with Gasteiger partial charge in [0.15, 0.2) is 0 Å². The maximum Gasteiger partial charge on any atom is 0.321 e. The summed E-state index contributed by atoms with van der Waals surface area (Å²) in [5, 5.41) is 6.44. The van der Waals surface area contributed by atoms with Crippen LogP contribution in [0.5, 0.6) is 0 Å². The molecule has 26 heavy (non-hydrogen) atoms. The zero-order valence-electron chi connectivity index (χ0n) is 14.9. The predicted molar refractivity (Wildman–Crippen MR) is 103 cm³/mol. The number of piperazine rings is 1. The molecule has 6 heteroatoms. The van der Waals surface area contributed by atoms with E-state index in [1.54, 1.807) is 6.20 Å². The lowest BCUT2D eigenvalue weighted by atomic mass is 10.1. The second-order valence-electron chi connectivity index (χ2n) is 6.90. The fourth-order valence-corrected chi connectivity index (χ4v) is 3.72. The van der Waals surface area contributed by atoms with E-state index in [2.05, 4.69) is 20.5 Å². The molecule has 6 nitrogen and oxygen atoms in total. The van der Waals surface area contributed by atoms with Crippen LogP contribution >= 0.6 is 0 Å². The Bertz CT molecular complexity index is 737. The maximum absolute atomic E-state index is 12.6. The molecule has 0 aliphatic carbocycles. The number of nitrogens with zero attached hydrogens (tertiary/aromatic N) is 3. The van der Waals surface area contributed by atoms with Crippen LogP contribution in [0.25, 0.3) is 11.3 Å². The number of carbonyl (C=O) groups is 1. The number of hydrogen-bond acceptors (Lipinski definition) is 4. The van der Waals surface area contributed by atoms with Crippen LogP contribution in [0, 0.1) is 0 Å². The van der Waals surface area contributed by atoms with Crippen molar-refractivity contribution in [2.45, 2.75) is 12.5 Å². The zero-order valence-corrected chi connectivity index (χ0v) is 14.9. The molecule has 1 aromatic carbocycles. The minimum atomic E-state index is -0.0283. The van der Waals surface area contributed by atoms with Crippen LogP contribution < -0.4 is 10.6 Å². The van der Waals surface area contributed by atoms with Crippen molar-refractivity contribution in [3.8, 4) is 11.3 Å². The first-order valence-corrected chi connectivity index (χ1v) is 9.32. The minimum absolute atomic E-state index is 0.0283. The molecule has 2 fully saturated rings. The van der Waals surface area contributed by atoms with Crippen molar-refractivity contribution in [3.05, 3.63) is 48.7 Å². The molecule has 2 aliphatic heterocycles. The molecule has 0 bridgehead atoms. The number of hydrogen-bond donors (Lipinski definition) is 2. The topological polar surface area (TPSA) is 60.5 Å². The largest absolute Gasteiger partial charge is 0.322 e. The van der Waals surface area contributed by atoms with Crippen molar-refractivity contribution in [1.29, 1.82) is 0 Å². The summed E-state index contributed by atoms with van der Waals surface area (Å²) in [6.45, 7) is 5.64. The van der Waals surface area contributed by atoms with E-state index in [0.717, 1.165) is 56.2 Å². The molecule has 136 valence electrons. The van der Waals surface area contributed by atoms with Gasteiger partial charge in [-0.1, -0.05) is 30.3 Å². The number of pyridine rings is 1. The van der Waals surface area contributed by atoms with E-state index in [-0.39, 0.29) is 6.03 Å². The van der Waals surface area contributed by atoms with Gasteiger partial charge in [-0.3, -0.25) is 9.88 Å². The van der Waals surface area contributed by atoms with Crippen LogP contribution in [0.3, 0.4) is 0 Å². The Kier molecular flexibility index (Phi) is 5.13. The summed E-state index contributed by atoms with van der Waals surface area (Å²) in [7, 11) is 0. The molecule has 1 atom stereocenters. The fourth-order valence-electron chi connectivity index (χ4n) is 3.72. The summed E-state index contributed by atoms with van der Waals surface area (Å²) in [6, 6.07) is 14.4. The molecule has 0 spiro atoms. The highest BCUT2D eigenvalue weighted by atomic mass is 16.2. The molecule has 4 rings (SSSR count). The van der Waals surface area contributed by atoms with Gasteiger partial charge < -0.3 is 15.5 Å². The Morgan fingerprint density at radius 2 is 1.92 bits per heavy atom. The predicted octanol–water partition coefficient (Wildman–Crippen LogP) is 2.26. The van der Waals surface area contributed by atoms with Crippen LogP contribution in [0.1, 0.15) is 6.42 Å². The molecule has 2 saturated heterocycles. The van der Waals surface area contributed by atoms with E-state index in [9.17, 15) is 4.79 Å². The quantitative estimate of drug-likeness (QED) is 0.891. The molecular formula is C20H25N5O. The van der Waals surface area contributed by atoms with Gasteiger partial charge in [-0.05, 0) is 25.1 Å². The number of aromatic nitrogens is 1. The molecule has 1 unspecified atom stereocenters. The second-order valence-corrected chi connectivity index (χ2v) is 6.90. The van der Waals surface area contributed by atoms with Crippen LogP contribution in [0.2, 0.25) is 0 Å².